The summed E-state index contributed by atoms with van der Waals surface area (Å²) in [5, 5.41) is 0. The number of fused-ring (bicyclic) bond motifs is 1. The van der Waals surface area contributed by atoms with Gasteiger partial charge in [0.15, 0.2) is 11.9 Å². The fourth-order valence-corrected chi connectivity index (χ4v) is 1.95. The van der Waals surface area contributed by atoms with Crippen molar-refractivity contribution in [2.24, 2.45) is 25.7 Å². The predicted molar refractivity (Wildman–Crippen MR) is 69.7 cm³/mol. The van der Waals surface area contributed by atoms with Crippen LogP contribution in [0, 0.1) is 0 Å². The molecule has 1 unspecified atom stereocenters. The maximum atomic E-state index is 11.4. The van der Waals surface area contributed by atoms with Gasteiger partial charge in [-0.25, -0.2) is 15.0 Å². The van der Waals surface area contributed by atoms with E-state index in [2.05, 4.69) is 20.0 Å². The van der Waals surface area contributed by atoms with Gasteiger partial charge in [-0.1, -0.05) is 18.2 Å². The van der Waals surface area contributed by atoms with E-state index < -0.39 is 5.91 Å². The molecule has 1 atom stereocenters. The summed E-state index contributed by atoms with van der Waals surface area (Å²) in [5.74, 6) is 0.0931. The Bertz CT molecular complexity index is 642. The molecule has 18 heavy (non-hydrogen) atoms. The van der Waals surface area contributed by atoms with Crippen LogP contribution in [0.15, 0.2) is 44.2 Å². The average molecular weight is 239 g/mol. The molecule has 2 N–H and O–H groups in total. The Kier molecular flexibility index (Phi) is 2.33. The van der Waals surface area contributed by atoms with Crippen LogP contribution >= 0.6 is 0 Å². The quantitative estimate of drug-likeness (QED) is 0.796. The van der Waals surface area contributed by atoms with Gasteiger partial charge in [0, 0.05) is 11.1 Å². The molecular formula is C12H9N5O. The van der Waals surface area contributed by atoms with Gasteiger partial charge >= 0.3 is 0 Å². The number of benzene rings is 1. The molecule has 2 aliphatic heterocycles. The standard InChI is InChI=1S/C12H9N5O/c13-11(18)8-4-2-1-3-7(8)9-10-12(16-5-14-9)17-6-15-10/h1-6,10H,(H2,13,18). The number of rotatable bonds is 2. The van der Waals surface area contributed by atoms with Gasteiger partial charge in [-0.2, -0.15) is 0 Å². The lowest BCUT2D eigenvalue weighted by molar-refractivity contribution is 0.1000. The Labute approximate surface area is 103 Å². The Hall–Kier alpha value is -2.63. The van der Waals surface area contributed by atoms with Crippen LogP contribution in [0.5, 0.6) is 0 Å². The monoisotopic (exact) mass is 239 g/mol. The van der Waals surface area contributed by atoms with Crippen LogP contribution in [0.1, 0.15) is 15.9 Å². The van der Waals surface area contributed by atoms with E-state index in [4.69, 9.17) is 5.73 Å². The molecular weight excluding hydrogens is 230 g/mol. The number of primary amides is 1. The first-order valence-electron chi connectivity index (χ1n) is 5.36. The highest BCUT2D eigenvalue weighted by Crippen LogP contribution is 2.18. The van der Waals surface area contributed by atoms with Gasteiger partial charge < -0.3 is 5.73 Å². The predicted octanol–water partition coefficient (Wildman–Crippen LogP) is 0.426. The molecule has 6 nitrogen and oxygen atoms in total. The van der Waals surface area contributed by atoms with Crippen LogP contribution < -0.4 is 5.73 Å². The maximum absolute atomic E-state index is 11.4. The van der Waals surface area contributed by atoms with Crippen LogP contribution in [0.25, 0.3) is 0 Å². The number of nitrogens with two attached hydrogens (primary N) is 1. The van der Waals surface area contributed by atoms with Crippen LogP contribution in [-0.4, -0.2) is 36.2 Å². The first-order chi connectivity index (χ1) is 8.77. The Morgan fingerprint density at radius 1 is 1.17 bits per heavy atom. The third-order valence-electron chi connectivity index (χ3n) is 2.76. The lowest BCUT2D eigenvalue weighted by Crippen LogP contribution is -2.31. The summed E-state index contributed by atoms with van der Waals surface area (Å²) in [6, 6.07) is 6.71. The van der Waals surface area contributed by atoms with E-state index in [0.717, 1.165) is 0 Å². The van der Waals surface area contributed by atoms with Gasteiger partial charge in [-0.05, 0) is 6.07 Å². The van der Waals surface area contributed by atoms with Crippen molar-refractivity contribution in [1.29, 1.82) is 0 Å². The second-order valence-electron chi connectivity index (χ2n) is 3.82. The van der Waals surface area contributed by atoms with Crippen molar-refractivity contribution in [1.82, 2.24) is 0 Å². The van der Waals surface area contributed by atoms with E-state index in [-0.39, 0.29) is 6.04 Å². The SMILES string of the molecule is NC(=O)c1ccccc1C1=NC=NC2=NC=NC21. The van der Waals surface area contributed by atoms with E-state index in [1.807, 2.05) is 6.07 Å². The van der Waals surface area contributed by atoms with E-state index in [1.54, 1.807) is 18.2 Å². The third-order valence-corrected chi connectivity index (χ3v) is 2.76. The van der Waals surface area contributed by atoms with Gasteiger partial charge in [0.2, 0.25) is 5.91 Å². The molecule has 0 radical (unpaired) electrons. The molecule has 88 valence electrons. The fraction of sp³-hybridized carbons (Fsp3) is 0.0833. The molecule has 0 spiro atoms. The molecule has 0 saturated heterocycles. The topological polar surface area (TPSA) is 92.5 Å². The first kappa shape index (κ1) is 10.5. The third kappa shape index (κ3) is 1.55. The number of hydrogen-bond acceptors (Lipinski definition) is 5. The molecule has 0 saturated carbocycles. The second kappa shape index (κ2) is 3.99. The molecule has 0 bridgehead atoms. The van der Waals surface area contributed by atoms with E-state index in [1.165, 1.54) is 12.7 Å². The van der Waals surface area contributed by atoms with E-state index >= 15 is 0 Å². The lowest BCUT2D eigenvalue weighted by Gasteiger charge is -2.16. The number of nitrogens with zero attached hydrogens (tertiary/aromatic N) is 4. The molecule has 6 heteroatoms. The molecule has 1 aromatic rings. The van der Waals surface area contributed by atoms with Crippen LogP contribution in [-0.2, 0) is 0 Å². The smallest absolute Gasteiger partial charge is 0.249 e. The van der Waals surface area contributed by atoms with Crippen LogP contribution in [0.3, 0.4) is 0 Å². The average Bonchev–Trinajstić information content (AvgIpc) is 2.86. The molecule has 3 rings (SSSR count). The van der Waals surface area contributed by atoms with Gasteiger partial charge in [0.05, 0.1) is 5.71 Å². The summed E-state index contributed by atoms with van der Waals surface area (Å²) in [4.78, 5) is 27.9. The normalized spacial score (nSPS) is 20.3. The highest BCUT2D eigenvalue weighted by atomic mass is 16.1. The Morgan fingerprint density at radius 3 is 2.83 bits per heavy atom. The highest BCUT2D eigenvalue weighted by molar-refractivity contribution is 6.27. The van der Waals surface area contributed by atoms with Crippen molar-refractivity contribution < 1.29 is 4.79 Å². The number of aliphatic imine (C=N–C) groups is 4. The summed E-state index contributed by atoms with van der Waals surface area (Å²) in [6.45, 7) is 0. The number of carbonyl (C=O) groups is 1. The zero-order valence-electron chi connectivity index (χ0n) is 9.32. The second-order valence-corrected chi connectivity index (χ2v) is 3.82. The van der Waals surface area contributed by atoms with Gasteiger partial charge in [-0.3, -0.25) is 9.79 Å². The minimum absolute atomic E-state index is 0.338. The van der Waals surface area contributed by atoms with Gasteiger partial charge in [-0.15, -0.1) is 0 Å². The van der Waals surface area contributed by atoms with Gasteiger partial charge in [0.1, 0.15) is 12.7 Å². The summed E-state index contributed by atoms with van der Waals surface area (Å²) in [5.41, 5.74) is 7.11. The van der Waals surface area contributed by atoms with Crippen molar-refractivity contribution >= 4 is 30.1 Å². The highest BCUT2D eigenvalue weighted by Gasteiger charge is 2.29. The van der Waals surface area contributed by atoms with Crippen LogP contribution in [0.2, 0.25) is 0 Å². The molecule has 1 amide bonds. The summed E-state index contributed by atoms with van der Waals surface area (Å²) >= 11 is 0. The molecule has 2 aliphatic rings. The summed E-state index contributed by atoms with van der Waals surface area (Å²) in [7, 11) is 0. The van der Waals surface area contributed by atoms with Crippen LogP contribution in [0.4, 0.5) is 0 Å². The minimum atomic E-state index is -0.490. The number of hydrogen-bond donors (Lipinski definition) is 1. The zero-order valence-corrected chi connectivity index (χ0v) is 9.32. The Morgan fingerprint density at radius 2 is 2.00 bits per heavy atom. The van der Waals surface area contributed by atoms with Crippen molar-refractivity contribution in [2.75, 3.05) is 0 Å². The van der Waals surface area contributed by atoms with Crippen molar-refractivity contribution in [3.63, 3.8) is 0 Å². The largest absolute Gasteiger partial charge is 0.366 e. The molecule has 0 fully saturated rings. The molecule has 0 aromatic heterocycles. The molecule has 0 aliphatic carbocycles. The molecule has 2 heterocycles. The number of amidine groups is 1. The lowest BCUT2D eigenvalue weighted by atomic mass is 9.97. The van der Waals surface area contributed by atoms with E-state index in [9.17, 15) is 4.79 Å². The summed E-state index contributed by atoms with van der Waals surface area (Å²) in [6.07, 6.45) is 2.86. The number of carbonyl (C=O) groups excluding carboxylic acids is 1. The van der Waals surface area contributed by atoms with E-state index in [0.29, 0.717) is 22.7 Å². The zero-order chi connectivity index (χ0) is 12.5. The molecule has 1 aromatic carbocycles. The number of amides is 1. The summed E-state index contributed by atoms with van der Waals surface area (Å²) < 4.78 is 0. The first-order valence-corrected chi connectivity index (χ1v) is 5.36. The Balaban J connectivity index is 2.13. The van der Waals surface area contributed by atoms with Gasteiger partial charge in [0.25, 0.3) is 0 Å². The van der Waals surface area contributed by atoms with Crippen molar-refractivity contribution in [2.45, 2.75) is 6.04 Å². The minimum Gasteiger partial charge on any atom is -0.366 e. The van der Waals surface area contributed by atoms with Crippen molar-refractivity contribution in [3.05, 3.63) is 35.4 Å². The fourth-order valence-electron chi connectivity index (χ4n) is 1.95. The van der Waals surface area contributed by atoms with Crippen molar-refractivity contribution in [3.8, 4) is 0 Å². The maximum Gasteiger partial charge on any atom is 0.249 e.